The van der Waals surface area contributed by atoms with Gasteiger partial charge in [0, 0.05) is 31.8 Å². The van der Waals surface area contributed by atoms with Crippen molar-refractivity contribution in [2.24, 2.45) is 11.8 Å². The molecule has 1 saturated heterocycles. The predicted octanol–water partition coefficient (Wildman–Crippen LogP) is 2.42. The SMILES string of the molecule is CC(C)C(C)C(=O)N(C)C1CCC2(CC1)OCCO2. The first-order valence-electron chi connectivity index (χ1n) is 7.50. The van der Waals surface area contributed by atoms with Crippen molar-refractivity contribution in [1.29, 1.82) is 0 Å². The lowest BCUT2D eigenvalue weighted by molar-refractivity contribution is -0.185. The first-order valence-corrected chi connectivity index (χ1v) is 7.50. The third-order valence-corrected chi connectivity index (χ3v) is 4.82. The van der Waals surface area contributed by atoms with E-state index in [2.05, 4.69) is 13.8 Å². The molecule has 0 aromatic rings. The van der Waals surface area contributed by atoms with Crippen molar-refractivity contribution >= 4 is 5.91 Å². The van der Waals surface area contributed by atoms with E-state index in [0.29, 0.717) is 25.2 Å². The number of amides is 1. The summed E-state index contributed by atoms with van der Waals surface area (Å²) in [6.45, 7) is 7.66. The Kier molecular flexibility index (Phi) is 4.51. The molecule has 1 amide bonds. The maximum absolute atomic E-state index is 12.4. The summed E-state index contributed by atoms with van der Waals surface area (Å²) < 4.78 is 11.5. The van der Waals surface area contributed by atoms with Gasteiger partial charge in [0.15, 0.2) is 5.79 Å². The molecule has 19 heavy (non-hydrogen) atoms. The van der Waals surface area contributed by atoms with Gasteiger partial charge in [-0.1, -0.05) is 20.8 Å². The summed E-state index contributed by atoms with van der Waals surface area (Å²) in [4.78, 5) is 14.3. The second kappa shape index (κ2) is 5.80. The Morgan fingerprint density at radius 2 is 1.68 bits per heavy atom. The van der Waals surface area contributed by atoms with Crippen molar-refractivity contribution < 1.29 is 14.3 Å². The molecule has 0 aromatic carbocycles. The number of carbonyl (C=O) groups excluding carboxylic acids is 1. The zero-order valence-electron chi connectivity index (χ0n) is 12.6. The zero-order valence-corrected chi connectivity index (χ0v) is 12.6. The van der Waals surface area contributed by atoms with Gasteiger partial charge < -0.3 is 14.4 Å². The van der Waals surface area contributed by atoms with E-state index < -0.39 is 0 Å². The van der Waals surface area contributed by atoms with Crippen LogP contribution in [-0.4, -0.2) is 42.9 Å². The standard InChI is InChI=1S/C15H27NO3/c1-11(2)12(3)14(17)16(4)13-5-7-15(8-6-13)18-9-10-19-15/h11-13H,5-10H2,1-4H3. The highest BCUT2D eigenvalue weighted by Gasteiger charge is 2.42. The maximum atomic E-state index is 12.4. The number of ether oxygens (including phenoxy) is 2. The average molecular weight is 269 g/mol. The first-order chi connectivity index (χ1) is 8.95. The molecular weight excluding hydrogens is 242 g/mol. The van der Waals surface area contributed by atoms with Gasteiger partial charge in [-0.05, 0) is 18.8 Å². The van der Waals surface area contributed by atoms with Gasteiger partial charge in [-0.15, -0.1) is 0 Å². The smallest absolute Gasteiger partial charge is 0.225 e. The van der Waals surface area contributed by atoms with Crippen LogP contribution < -0.4 is 0 Å². The molecule has 4 nitrogen and oxygen atoms in total. The Labute approximate surface area is 116 Å². The average Bonchev–Trinajstić information content (AvgIpc) is 2.85. The summed E-state index contributed by atoms with van der Waals surface area (Å²) >= 11 is 0. The number of rotatable bonds is 3. The van der Waals surface area contributed by atoms with Crippen LogP contribution in [0, 0.1) is 11.8 Å². The van der Waals surface area contributed by atoms with E-state index >= 15 is 0 Å². The Balaban J connectivity index is 1.88. The Morgan fingerprint density at radius 3 is 2.16 bits per heavy atom. The number of hydrogen-bond acceptors (Lipinski definition) is 3. The second-order valence-corrected chi connectivity index (χ2v) is 6.32. The summed E-state index contributed by atoms with van der Waals surface area (Å²) in [6, 6.07) is 0.340. The van der Waals surface area contributed by atoms with Crippen molar-refractivity contribution in [1.82, 2.24) is 4.90 Å². The topological polar surface area (TPSA) is 38.8 Å². The lowest BCUT2D eigenvalue weighted by Gasteiger charge is -2.40. The molecule has 0 bridgehead atoms. The van der Waals surface area contributed by atoms with Gasteiger partial charge in [0.1, 0.15) is 0 Å². The third-order valence-electron chi connectivity index (χ3n) is 4.82. The normalized spacial score (nSPS) is 24.9. The van der Waals surface area contributed by atoms with Crippen molar-refractivity contribution in [3.63, 3.8) is 0 Å². The number of carbonyl (C=O) groups is 1. The minimum Gasteiger partial charge on any atom is -0.348 e. The summed E-state index contributed by atoms with van der Waals surface area (Å²) in [5, 5.41) is 0. The molecule has 4 heteroatoms. The highest BCUT2D eigenvalue weighted by atomic mass is 16.7. The van der Waals surface area contributed by atoms with E-state index in [-0.39, 0.29) is 17.6 Å². The Hall–Kier alpha value is -0.610. The van der Waals surface area contributed by atoms with Gasteiger partial charge in [0.05, 0.1) is 13.2 Å². The van der Waals surface area contributed by atoms with E-state index in [1.807, 2.05) is 18.9 Å². The first kappa shape index (κ1) is 14.8. The molecule has 110 valence electrons. The van der Waals surface area contributed by atoms with Gasteiger partial charge >= 0.3 is 0 Å². The monoisotopic (exact) mass is 269 g/mol. The van der Waals surface area contributed by atoms with Crippen LogP contribution in [0.4, 0.5) is 0 Å². The fourth-order valence-corrected chi connectivity index (χ4v) is 3.00. The highest BCUT2D eigenvalue weighted by molar-refractivity contribution is 5.78. The van der Waals surface area contributed by atoms with E-state index in [9.17, 15) is 4.79 Å². The molecule has 0 N–H and O–H groups in total. The predicted molar refractivity (Wildman–Crippen MR) is 73.7 cm³/mol. The van der Waals surface area contributed by atoms with Gasteiger partial charge in [0.25, 0.3) is 0 Å². The molecule has 1 aliphatic heterocycles. The summed E-state index contributed by atoms with van der Waals surface area (Å²) in [7, 11) is 1.94. The van der Waals surface area contributed by atoms with Crippen LogP contribution in [0.25, 0.3) is 0 Å². The van der Waals surface area contributed by atoms with Crippen LogP contribution in [0.15, 0.2) is 0 Å². The quantitative estimate of drug-likeness (QED) is 0.790. The van der Waals surface area contributed by atoms with E-state index in [1.165, 1.54) is 0 Å². The second-order valence-electron chi connectivity index (χ2n) is 6.32. The van der Waals surface area contributed by atoms with Crippen molar-refractivity contribution in [2.45, 2.75) is 58.3 Å². The maximum Gasteiger partial charge on any atom is 0.225 e. The van der Waals surface area contributed by atoms with Gasteiger partial charge in [0.2, 0.25) is 5.91 Å². The summed E-state index contributed by atoms with van der Waals surface area (Å²) in [6.07, 6.45) is 3.77. The molecule has 1 unspecified atom stereocenters. The fourth-order valence-electron chi connectivity index (χ4n) is 3.00. The van der Waals surface area contributed by atoms with E-state index in [0.717, 1.165) is 25.7 Å². The highest BCUT2D eigenvalue weighted by Crippen LogP contribution is 2.37. The minimum atomic E-state index is -0.329. The van der Waals surface area contributed by atoms with Gasteiger partial charge in [-0.3, -0.25) is 4.79 Å². The number of hydrogen-bond donors (Lipinski definition) is 0. The lowest BCUT2D eigenvalue weighted by Crippen LogP contribution is -2.46. The van der Waals surface area contributed by atoms with Crippen LogP contribution in [0.2, 0.25) is 0 Å². The molecule has 1 aliphatic carbocycles. The van der Waals surface area contributed by atoms with Crippen LogP contribution in [0.1, 0.15) is 46.5 Å². The van der Waals surface area contributed by atoms with E-state index in [1.54, 1.807) is 0 Å². The van der Waals surface area contributed by atoms with Crippen LogP contribution in [0.3, 0.4) is 0 Å². The Bertz CT molecular complexity index is 313. The lowest BCUT2D eigenvalue weighted by atomic mass is 9.88. The molecule has 2 fully saturated rings. The van der Waals surface area contributed by atoms with Gasteiger partial charge in [-0.2, -0.15) is 0 Å². The van der Waals surface area contributed by atoms with Crippen LogP contribution >= 0.6 is 0 Å². The number of nitrogens with zero attached hydrogens (tertiary/aromatic N) is 1. The molecule has 0 aromatic heterocycles. The molecule has 1 saturated carbocycles. The summed E-state index contributed by atoms with van der Waals surface area (Å²) in [5.41, 5.74) is 0. The summed E-state index contributed by atoms with van der Waals surface area (Å²) in [5.74, 6) is 0.430. The molecular formula is C15H27NO3. The largest absolute Gasteiger partial charge is 0.348 e. The zero-order chi connectivity index (χ0) is 14.0. The van der Waals surface area contributed by atoms with Crippen molar-refractivity contribution in [3.05, 3.63) is 0 Å². The minimum absolute atomic E-state index is 0.0971. The van der Waals surface area contributed by atoms with Crippen molar-refractivity contribution in [2.75, 3.05) is 20.3 Å². The van der Waals surface area contributed by atoms with Crippen molar-refractivity contribution in [3.8, 4) is 0 Å². The van der Waals surface area contributed by atoms with Gasteiger partial charge in [-0.25, -0.2) is 0 Å². The molecule has 1 atom stereocenters. The molecule has 2 rings (SSSR count). The van der Waals surface area contributed by atoms with E-state index in [4.69, 9.17) is 9.47 Å². The Morgan fingerprint density at radius 1 is 1.16 bits per heavy atom. The van der Waals surface area contributed by atoms with Crippen LogP contribution in [-0.2, 0) is 14.3 Å². The molecule has 1 spiro atoms. The molecule has 0 radical (unpaired) electrons. The third kappa shape index (κ3) is 3.11. The molecule has 2 aliphatic rings. The van der Waals surface area contributed by atoms with Crippen LogP contribution in [0.5, 0.6) is 0 Å². The molecule has 1 heterocycles. The fraction of sp³-hybridized carbons (Fsp3) is 0.933.